The second kappa shape index (κ2) is 8.89. The number of likely N-dealkylation sites (tertiary alicyclic amines) is 1. The van der Waals surface area contributed by atoms with Crippen LogP contribution >= 0.6 is 23.2 Å². The number of aliphatic hydroxyl groups excluding tert-OH is 1. The fraction of sp³-hybridized carbons (Fsp3) is 0.368. The van der Waals surface area contributed by atoms with E-state index in [1.165, 1.54) is 6.07 Å². The molecule has 1 saturated heterocycles. The Morgan fingerprint density at radius 2 is 1.81 bits per heavy atom. The molecule has 0 atom stereocenters. The summed E-state index contributed by atoms with van der Waals surface area (Å²) < 4.78 is 0. The molecule has 0 saturated carbocycles. The summed E-state index contributed by atoms with van der Waals surface area (Å²) in [5.74, 6) is 0. The lowest BCUT2D eigenvalue weighted by Gasteiger charge is -2.32. The van der Waals surface area contributed by atoms with Gasteiger partial charge in [-0.05, 0) is 48.2 Å². The molecule has 2 aromatic carbocycles. The first kappa shape index (κ1) is 19.9. The Morgan fingerprint density at radius 3 is 2.44 bits per heavy atom. The number of nitrogens with zero attached hydrogens (tertiary/aromatic N) is 2. The quantitative estimate of drug-likeness (QED) is 0.543. The Morgan fingerprint density at radius 1 is 1.11 bits per heavy atom. The fourth-order valence-corrected chi connectivity index (χ4v) is 3.63. The molecule has 1 heterocycles. The Kier molecular flexibility index (Phi) is 6.55. The van der Waals surface area contributed by atoms with E-state index in [4.69, 9.17) is 23.2 Å². The van der Waals surface area contributed by atoms with Gasteiger partial charge in [0.25, 0.3) is 5.69 Å². The molecule has 27 heavy (non-hydrogen) atoms. The Labute approximate surface area is 167 Å². The van der Waals surface area contributed by atoms with Crippen molar-refractivity contribution in [1.82, 2.24) is 4.90 Å². The van der Waals surface area contributed by atoms with Crippen LogP contribution < -0.4 is 5.32 Å². The molecule has 0 aromatic heterocycles. The maximum atomic E-state index is 11.2. The van der Waals surface area contributed by atoms with Crippen molar-refractivity contribution in [1.29, 1.82) is 0 Å². The molecule has 0 unspecified atom stereocenters. The fourth-order valence-electron chi connectivity index (χ4n) is 3.31. The second-order valence-electron chi connectivity index (χ2n) is 6.71. The van der Waals surface area contributed by atoms with Crippen LogP contribution in [0.25, 0.3) is 0 Å². The van der Waals surface area contributed by atoms with E-state index < -0.39 is 4.92 Å². The summed E-state index contributed by atoms with van der Waals surface area (Å²) in [6.45, 7) is 2.41. The average Bonchev–Trinajstić information content (AvgIpc) is 2.66. The van der Waals surface area contributed by atoms with Crippen molar-refractivity contribution in [3.63, 3.8) is 0 Å². The van der Waals surface area contributed by atoms with Crippen molar-refractivity contribution < 1.29 is 10.0 Å². The zero-order valence-corrected chi connectivity index (χ0v) is 16.2. The lowest BCUT2D eigenvalue weighted by Crippen LogP contribution is -2.38. The van der Waals surface area contributed by atoms with Crippen molar-refractivity contribution in [3.8, 4) is 0 Å². The number of benzene rings is 2. The van der Waals surface area contributed by atoms with Gasteiger partial charge < -0.3 is 10.4 Å². The Balaban J connectivity index is 1.59. The van der Waals surface area contributed by atoms with Crippen LogP contribution in [0, 0.1) is 10.1 Å². The van der Waals surface area contributed by atoms with Crippen LogP contribution in [0.1, 0.15) is 24.0 Å². The van der Waals surface area contributed by atoms with Gasteiger partial charge in [-0.15, -0.1) is 0 Å². The average molecular weight is 410 g/mol. The minimum absolute atomic E-state index is 0.0328. The molecule has 6 nitrogen and oxygen atoms in total. The summed E-state index contributed by atoms with van der Waals surface area (Å²) in [4.78, 5) is 13.2. The van der Waals surface area contributed by atoms with Crippen molar-refractivity contribution in [2.45, 2.75) is 32.0 Å². The van der Waals surface area contributed by atoms with Gasteiger partial charge in [0.2, 0.25) is 0 Å². The first-order chi connectivity index (χ1) is 13.0. The van der Waals surface area contributed by atoms with Crippen LogP contribution in [0.3, 0.4) is 0 Å². The molecule has 0 amide bonds. The molecule has 0 radical (unpaired) electrons. The van der Waals surface area contributed by atoms with Crippen LogP contribution in [-0.4, -0.2) is 34.1 Å². The number of anilines is 1. The summed E-state index contributed by atoms with van der Waals surface area (Å²) in [6.07, 6.45) is 1.75. The van der Waals surface area contributed by atoms with Gasteiger partial charge in [-0.1, -0.05) is 29.3 Å². The molecular weight excluding hydrogens is 389 g/mol. The molecular formula is C19H21Cl2N3O3. The minimum Gasteiger partial charge on any atom is -0.392 e. The number of piperidine rings is 1. The molecule has 1 fully saturated rings. The number of rotatable bonds is 6. The minimum atomic E-state index is -0.400. The highest BCUT2D eigenvalue weighted by molar-refractivity contribution is 6.42. The highest BCUT2D eigenvalue weighted by Gasteiger charge is 2.22. The van der Waals surface area contributed by atoms with Crippen LogP contribution in [0.15, 0.2) is 36.4 Å². The van der Waals surface area contributed by atoms with E-state index >= 15 is 0 Å². The third-order valence-corrected chi connectivity index (χ3v) is 5.52. The van der Waals surface area contributed by atoms with Crippen LogP contribution in [0.2, 0.25) is 10.0 Å². The zero-order chi connectivity index (χ0) is 19.4. The van der Waals surface area contributed by atoms with Crippen molar-refractivity contribution in [3.05, 3.63) is 67.7 Å². The van der Waals surface area contributed by atoms with Gasteiger partial charge in [0.05, 0.1) is 21.6 Å². The van der Waals surface area contributed by atoms with Crippen molar-refractivity contribution in [2.24, 2.45) is 0 Å². The number of hydrogen-bond acceptors (Lipinski definition) is 5. The van der Waals surface area contributed by atoms with Gasteiger partial charge in [-0.25, -0.2) is 0 Å². The molecule has 1 aliphatic heterocycles. The van der Waals surface area contributed by atoms with E-state index in [0.717, 1.165) is 38.0 Å². The zero-order valence-electron chi connectivity index (χ0n) is 14.7. The summed E-state index contributed by atoms with van der Waals surface area (Å²) >= 11 is 12.0. The van der Waals surface area contributed by atoms with Crippen molar-refractivity contribution in [2.75, 3.05) is 18.4 Å². The van der Waals surface area contributed by atoms with Crippen LogP contribution in [0.4, 0.5) is 11.4 Å². The monoisotopic (exact) mass is 409 g/mol. The predicted octanol–water partition coefficient (Wildman–Crippen LogP) is 4.47. The van der Waals surface area contributed by atoms with Gasteiger partial charge in [0.15, 0.2) is 0 Å². The molecule has 2 aromatic rings. The highest BCUT2D eigenvalue weighted by Crippen LogP contribution is 2.29. The maximum Gasteiger partial charge on any atom is 0.292 e. The lowest BCUT2D eigenvalue weighted by atomic mass is 10.0. The molecule has 0 bridgehead atoms. The number of aliphatic hydroxyl groups is 1. The number of hydrogen-bond donors (Lipinski definition) is 2. The Hall–Kier alpha value is -1.86. The first-order valence-corrected chi connectivity index (χ1v) is 9.53. The predicted molar refractivity (Wildman–Crippen MR) is 107 cm³/mol. The van der Waals surface area contributed by atoms with Crippen molar-refractivity contribution >= 4 is 34.6 Å². The molecule has 3 rings (SSSR count). The van der Waals surface area contributed by atoms with Gasteiger partial charge in [-0.3, -0.25) is 15.0 Å². The summed E-state index contributed by atoms with van der Waals surface area (Å²) in [5.41, 5.74) is 2.27. The van der Waals surface area contributed by atoms with Gasteiger partial charge in [0.1, 0.15) is 5.69 Å². The lowest BCUT2D eigenvalue weighted by molar-refractivity contribution is -0.384. The highest BCUT2D eigenvalue weighted by atomic mass is 35.5. The normalized spacial score (nSPS) is 15.7. The number of nitro groups is 1. The van der Waals surface area contributed by atoms with E-state index in [1.807, 2.05) is 12.1 Å². The largest absolute Gasteiger partial charge is 0.392 e. The van der Waals surface area contributed by atoms with Gasteiger partial charge >= 0.3 is 0 Å². The van der Waals surface area contributed by atoms with E-state index in [9.17, 15) is 15.2 Å². The topological polar surface area (TPSA) is 78.6 Å². The molecule has 0 spiro atoms. The number of halogens is 2. The molecule has 2 N–H and O–H groups in total. The Bertz CT molecular complexity index is 824. The number of nitrogens with one attached hydrogen (secondary N) is 1. The van der Waals surface area contributed by atoms with E-state index in [-0.39, 0.29) is 18.3 Å². The molecule has 8 heteroatoms. The van der Waals surface area contributed by atoms with E-state index in [0.29, 0.717) is 21.3 Å². The second-order valence-corrected chi connectivity index (χ2v) is 7.52. The smallest absolute Gasteiger partial charge is 0.292 e. The first-order valence-electron chi connectivity index (χ1n) is 8.77. The summed E-state index contributed by atoms with van der Waals surface area (Å²) in [5, 5.41) is 24.9. The molecule has 144 valence electrons. The third-order valence-electron chi connectivity index (χ3n) is 4.78. The number of nitro benzene ring substituents is 1. The van der Waals surface area contributed by atoms with E-state index in [1.54, 1.807) is 18.2 Å². The van der Waals surface area contributed by atoms with Gasteiger partial charge in [0, 0.05) is 31.7 Å². The van der Waals surface area contributed by atoms with Gasteiger partial charge in [-0.2, -0.15) is 0 Å². The van der Waals surface area contributed by atoms with Crippen LogP contribution in [0.5, 0.6) is 0 Å². The summed E-state index contributed by atoms with van der Waals surface area (Å²) in [7, 11) is 0. The SMILES string of the molecule is O=[N+]([O-])c1ccc(CO)cc1NC1CCN(Cc2ccc(Cl)c(Cl)c2)CC1. The third kappa shape index (κ3) is 5.11. The summed E-state index contributed by atoms with van der Waals surface area (Å²) in [6, 6.07) is 10.5. The molecule has 0 aliphatic carbocycles. The maximum absolute atomic E-state index is 11.2. The molecule has 1 aliphatic rings. The standard InChI is InChI=1S/C19H21Cl2N3O3/c20-16-3-1-13(9-17(16)21)11-23-7-5-15(6-8-23)22-18-10-14(12-25)2-4-19(18)24(26)27/h1-4,9-10,15,22,25H,5-8,11-12H2. The van der Waals surface area contributed by atoms with E-state index in [2.05, 4.69) is 10.2 Å². The van der Waals surface area contributed by atoms with Crippen LogP contribution in [-0.2, 0) is 13.2 Å².